The van der Waals surface area contributed by atoms with Gasteiger partial charge < -0.3 is 18.9 Å². The average molecular weight is 448 g/mol. The predicted octanol–water partition coefficient (Wildman–Crippen LogP) is 3.64. The number of imidazole rings is 1. The number of rotatable bonds is 8. The lowest BCUT2D eigenvalue weighted by Gasteiger charge is -2.19. The number of carbonyl (C=O) groups is 1. The minimum Gasteiger partial charge on any atom is -0.496 e. The third kappa shape index (κ3) is 4.70. The molecule has 3 rings (SSSR count). The van der Waals surface area contributed by atoms with Crippen molar-refractivity contribution < 1.29 is 28.0 Å². The Morgan fingerprint density at radius 1 is 1.23 bits per heavy atom. The van der Waals surface area contributed by atoms with E-state index in [1.165, 1.54) is 11.7 Å². The van der Waals surface area contributed by atoms with Crippen molar-refractivity contribution in [1.82, 2.24) is 14.5 Å². The molecule has 9 nitrogen and oxygen atoms in total. The summed E-state index contributed by atoms with van der Waals surface area (Å²) in [7, 11) is 1.34. The fourth-order valence-corrected chi connectivity index (χ4v) is 4.50. The number of pyridine rings is 1. The van der Waals surface area contributed by atoms with Gasteiger partial charge in [-0.1, -0.05) is 12.1 Å². The summed E-state index contributed by atoms with van der Waals surface area (Å²) >= 11 is 0. The maximum absolute atomic E-state index is 13.4. The molecule has 2 heterocycles. The van der Waals surface area contributed by atoms with Crippen LogP contribution in [0.1, 0.15) is 30.2 Å². The summed E-state index contributed by atoms with van der Waals surface area (Å²) in [6.45, 7) is 5.59. The SMILES string of the molecule is CCOC(=O)OC(OC)n1c(S(=O)Cc2ncc(C)c(OC)c2C)nc2ccccc21. The third-order valence-corrected chi connectivity index (χ3v) is 5.89. The number of fused-ring (bicyclic) bond motifs is 1. The van der Waals surface area contributed by atoms with Gasteiger partial charge in [0.05, 0.1) is 47.0 Å². The normalized spacial score (nSPS) is 13.1. The maximum Gasteiger partial charge on any atom is 0.511 e. The molecule has 0 saturated heterocycles. The average Bonchev–Trinajstić information content (AvgIpc) is 3.14. The van der Waals surface area contributed by atoms with Crippen molar-refractivity contribution in [2.45, 2.75) is 38.1 Å². The summed E-state index contributed by atoms with van der Waals surface area (Å²) in [5, 5.41) is 0.193. The highest BCUT2D eigenvalue weighted by molar-refractivity contribution is 7.84. The highest BCUT2D eigenvalue weighted by atomic mass is 32.2. The van der Waals surface area contributed by atoms with Crippen LogP contribution in [0.25, 0.3) is 11.0 Å². The Morgan fingerprint density at radius 3 is 2.65 bits per heavy atom. The minimum absolute atomic E-state index is 0.0988. The van der Waals surface area contributed by atoms with Crippen molar-refractivity contribution in [2.24, 2.45) is 0 Å². The lowest BCUT2D eigenvalue weighted by molar-refractivity contribution is -0.152. The quantitative estimate of drug-likeness (QED) is 0.381. The zero-order chi connectivity index (χ0) is 22.5. The fourth-order valence-electron chi connectivity index (χ4n) is 3.23. The van der Waals surface area contributed by atoms with Crippen molar-refractivity contribution in [3.8, 4) is 5.75 Å². The summed E-state index contributed by atoms with van der Waals surface area (Å²) in [5.41, 5.74) is 3.52. The molecule has 2 unspecified atom stereocenters. The van der Waals surface area contributed by atoms with Gasteiger partial charge in [-0.3, -0.25) is 13.8 Å². The second kappa shape index (κ2) is 9.88. The van der Waals surface area contributed by atoms with Crippen LogP contribution in [0.15, 0.2) is 35.6 Å². The standard InChI is InChI=1S/C21H25N3O6S/c1-6-29-21(25)30-20(28-5)24-17-10-8-7-9-15(17)23-19(24)31(26)12-16-14(3)18(27-4)13(2)11-22-16/h7-11,20H,6,12H2,1-5H3. The van der Waals surface area contributed by atoms with E-state index in [2.05, 4.69) is 9.97 Å². The number of nitrogens with zero attached hydrogens (tertiary/aromatic N) is 3. The van der Waals surface area contributed by atoms with Gasteiger partial charge in [0.25, 0.3) is 6.41 Å². The van der Waals surface area contributed by atoms with E-state index in [9.17, 15) is 9.00 Å². The van der Waals surface area contributed by atoms with Crippen molar-refractivity contribution in [2.75, 3.05) is 20.8 Å². The van der Waals surface area contributed by atoms with Crippen LogP contribution < -0.4 is 4.74 Å². The molecule has 0 aliphatic carbocycles. The number of hydrogen-bond acceptors (Lipinski definition) is 8. The molecule has 0 aliphatic heterocycles. The summed E-state index contributed by atoms with van der Waals surface area (Å²) in [4.78, 5) is 20.8. The van der Waals surface area contributed by atoms with Crippen molar-refractivity contribution in [3.63, 3.8) is 0 Å². The molecule has 2 aromatic heterocycles. The van der Waals surface area contributed by atoms with Crippen molar-refractivity contribution in [1.29, 1.82) is 0 Å². The molecule has 166 valence electrons. The van der Waals surface area contributed by atoms with Crippen LogP contribution >= 0.6 is 0 Å². The van der Waals surface area contributed by atoms with Crippen LogP contribution in [0.5, 0.6) is 5.75 Å². The lowest BCUT2D eigenvalue weighted by Crippen LogP contribution is -2.22. The predicted molar refractivity (Wildman–Crippen MR) is 114 cm³/mol. The van der Waals surface area contributed by atoms with E-state index >= 15 is 0 Å². The van der Waals surface area contributed by atoms with Gasteiger partial charge in [-0.25, -0.2) is 9.78 Å². The van der Waals surface area contributed by atoms with Gasteiger partial charge in [-0.15, -0.1) is 0 Å². The first-order valence-corrected chi connectivity index (χ1v) is 10.9. The summed E-state index contributed by atoms with van der Waals surface area (Å²) in [6, 6.07) is 7.18. The van der Waals surface area contributed by atoms with Gasteiger partial charge >= 0.3 is 6.16 Å². The zero-order valence-electron chi connectivity index (χ0n) is 18.1. The molecule has 0 fully saturated rings. The van der Waals surface area contributed by atoms with E-state index in [0.29, 0.717) is 22.5 Å². The summed E-state index contributed by atoms with van der Waals surface area (Å²) in [5.74, 6) is 0.803. The first-order valence-electron chi connectivity index (χ1n) is 9.61. The Morgan fingerprint density at radius 2 is 1.97 bits per heavy atom. The van der Waals surface area contributed by atoms with Gasteiger partial charge in [0.1, 0.15) is 5.75 Å². The number of ether oxygens (including phenoxy) is 4. The van der Waals surface area contributed by atoms with Gasteiger partial charge in [0.2, 0.25) is 5.16 Å². The molecular formula is C21H25N3O6S. The van der Waals surface area contributed by atoms with E-state index < -0.39 is 23.4 Å². The van der Waals surface area contributed by atoms with Gasteiger partial charge in [-0.05, 0) is 32.9 Å². The van der Waals surface area contributed by atoms with Gasteiger partial charge in [0.15, 0.2) is 0 Å². The summed E-state index contributed by atoms with van der Waals surface area (Å²) in [6.07, 6.45) is -0.417. The highest BCUT2D eigenvalue weighted by Gasteiger charge is 2.27. The Balaban J connectivity index is 2.03. The van der Waals surface area contributed by atoms with E-state index in [4.69, 9.17) is 18.9 Å². The number of methoxy groups -OCH3 is 2. The van der Waals surface area contributed by atoms with Gasteiger partial charge in [0, 0.05) is 24.4 Å². The Labute approximate surface area is 182 Å². The Kier molecular flexibility index (Phi) is 7.24. The molecule has 0 N–H and O–H groups in total. The van der Waals surface area contributed by atoms with E-state index in [-0.39, 0.29) is 17.5 Å². The molecule has 0 bridgehead atoms. The number of benzene rings is 1. The molecule has 0 spiro atoms. The Bertz CT molecular complexity index is 1110. The van der Waals surface area contributed by atoms with Crippen LogP contribution in [0.2, 0.25) is 0 Å². The van der Waals surface area contributed by atoms with Crippen LogP contribution in [0.4, 0.5) is 4.79 Å². The minimum atomic E-state index is -1.62. The first-order chi connectivity index (χ1) is 14.9. The highest BCUT2D eigenvalue weighted by Crippen LogP contribution is 2.28. The molecule has 0 saturated carbocycles. The van der Waals surface area contributed by atoms with Crippen LogP contribution in [0, 0.1) is 13.8 Å². The number of aromatic nitrogens is 3. The topological polar surface area (TPSA) is 102 Å². The maximum atomic E-state index is 13.4. The molecule has 31 heavy (non-hydrogen) atoms. The number of carbonyl (C=O) groups excluding carboxylic acids is 1. The molecule has 0 radical (unpaired) electrons. The zero-order valence-corrected chi connectivity index (χ0v) is 18.9. The first kappa shape index (κ1) is 22.7. The lowest BCUT2D eigenvalue weighted by atomic mass is 10.1. The Hall–Kier alpha value is -2.98. The van der Waals surface area contributed by atoms with Crippen molar-refractivity contribution >= 4 is 28.0 Å². The third-order valence-electron chi connectivity index (χ3n) is 4.66. The van der Waals surface area contributed by atoms with E-state index in [1.807, 2.05) is 19.9 Å². The van der Waals surface area contributed by atoms with Crippen LogP contribution in [-0.2, 0) is 30.8 Å². The molecule has 10 heteroatoms. The van der Waals surface area contributed by atoms with Gasteiger partial charge in [-0.2, -0.15) is 0 Å². The van der Waals surface area contributed by atoms with Crippen LogP contribution in [0.3, 0.4) is 0 Å². The monoisotopic (exact) mass is 447 g/mol. The fraction of sp³-hybridized carbons (Fsp3) is 0.381. The van der Waals surface area contributed by atoms with E-state index in [1.54, 1.807) is 38.4 Å². The molecular weight excluding hydrogens is 422 g/mol. The smallest absolute Gasteiger partial charge is 0.496 e. The molecule has 0 aliphatic rings. The molecule has 0 amide bonds. The van der Waals surface area contributed by atoms with Crippen molar-refractivity contribution in [3.05, 3.63) is 47.3 Å². The molecule has 2 atom stereocenters. The number of hydrogen-bond donors (Lipinski definition) is 0. The van der Waals surface area contributed by atoms with Crippen LogP contribution in [-0.4, -0.2) is 45.7 Å². The molecule has 3 aromatic rings. The second-order valence-corrected chi connectivity index (χ2v) is 7.98. The summed E-state index contributed by atoms with van der Waals surface area (Å²) < 4.78 is 35.8. The second-order valence-electron chi connectivity index (χ2n) is 6.63. The number of aryl methyl sites for hydroxylation is 1. The molecule has 1 aromatic carbocycles. The number of para-hydroxylation sites is 2. The van der Waals surface area contributed by atoms with E-state index in [0.717, 1.165) is 11.1 Å². The largest absolute Gasteiger partial charge is 0.511 e.